The van der Waals surface area contributed by atoms with Crippen molar-refractivity contribution in [1.82, 2.24) is 20.7 Å². The van der Waals surface area contributed by atoms with E-state index in [0.717, 1.165) is 5.69 Å². The molecule has 3 rings (SSSR count). The van der Waals surface area contributed by atoms with E-state index in [1.807, 2.05) is 37.3 Å². The standard InChI is InChI=1S/C21H24N6O4S/c1-3-22-21(30)26-18-11-15(24-14-8-6-5-7-9-14)10-16(25-18)19-27(23-13-28)17(12-32-19)20(29)31-4-2/h5-13,19H,3-4H2,1-2H3,(H,23,28)(H3,22,24,25,26,30). The average molecular weight is 457 g/mol. The molecule has 168 valence electrons. The number of ether oxygens (including phenoxy) is 1. The minimum absolute atomic E-state index is 0.190. The van der Waals surface area contributed by atoms with Gasteiger partial charge in [-0.3, -0.25) is 20.5 Å². The lowest BCUT2D eigenvalue weighted by Crippen LogP contribution is -2.39. The Balaban J connectivity index is 1.94. The predicted molar refractivity (Wildman–Crippen MR) is 123 cm³/mol. The number of pyridine rings is 1. The molecule has 0 bridgehead atoms. The molecule has 4 N–H and O–H groups in total. The molecule has 2 heterocycles. The molecule has 0 radical (unpaired) electrons. The highest BCUT2D eigenvalue weighted by Crippen LogP contribution is 2.42. The molecule has 0 spiro atoms. The van der Waals surface area contributed by atoms with Gasteiger partial charge in [-0.1, -0.05) is 30.0 Å². The summed E-state index contributed by atoms with van der Waals surface area (Å²) in [6.45, 7) is 4.18. The van der Waals surface area contributed by atoms with Crippen LogP contribution in [0.1, 0.15) is 24.9 Å². The Labute approximate surface area is 189 Å². The van der Waals surface area contributed by atoms with E-state index in [1.165, 1.54) is 16.8 Å². The van der Waals surface area contributed by atoms with Crippen LogP contribution < -0.4 is 21.4 Å². The number of hydrazine groups is 1. The first-order chi connectivity index (χ1) is 15.5. The third-order valence-electron chi connectivity index (χ3n) is 4.22. The smallest absolute Gasteiger partial charge is 0.357 e. The summed E-state index contributed by atoms with van der Waals surface area (Å²) in [5, 5.41) is 11.1. The van der Waals surface area contributed by atoms with Gasteiger partial charge in [0, 0.05) is 29.4 Å². The average Bonchev–Trinajstić information content (AvgIpc) is 3.19. The van der Waals surface area contributed by atoms with Gasteiger partial charge in [-0.05, 0) is 32.0 Å². The Hall–Kier alpha value is -3.73. The molecule has 0 saturated heterocycles. The first-order valence-corrected chi connectivity index (χ1v) is 10.9. The van der Waals surface area contributed by atoms with Gasteiger partial charge in [0.2, 0.25) is 6.41 Å². The zero-order valence-corrected chi connectivity index (χ0v) is 18.4. The SMILES string of the molecule is CCNC(=O)Nc1cc(Nc2ccccc2)cc(C2SC=C(C(=O)OCC)N2NC=O)n1. The predicted octanol–water partition coefficient (Wildman–Crippen LogP) is 3.08. The van der Waals surface area contributed by atoms with Gasteiger partial charge in [0.1, 0.15) is 11.2 Å². The zero-order chi connectivity index (χ0) is 22.9. The van der Waals surface area contributed by atoms with E-state index in [0.29, 0.717) is 30.2 Å². The Morgan fingerprint density at radius 1 is 1.19 bits per heavy atom. The Morgan fingerprint density at radius 3 is 2.66 bits per heavy atom. The second-order valence-electron chi connectivity index (χ2n) is 6.47. The van der Waals surface area contributed by atoms with Gasteiger partial charge >= 0.3 is 12.0 Å². The van der Waals surface area contributed by atoms with Crippen LogP contribution in [0.4, 0.5) is 22.0 Å². The minimum atomic E-state index is -0.559. The van der Waals surface area contributed by atoms with Crippen LogP contribution >= 0.6 is 11.8 Å². The summed E-state index contributed by atoms with van der Waals surface area (Å²) in [5.41, 5.74) is 4.75. The van der Waals surface area contributed by atoms with Crippen LogP contribution in [0.3, 0.4) is 0 Å². The quantitative estimate of drug-likeness (QED) is 0.335. The fraction of sp³-hybridized carbons (Fsp3) is 0.238. The number of esters is 1. The fourth-order valence-electron chi connectivity index (χ4n) is 2.94. The zero-order valence-electron chi connectivity index (χ0n) is 17.6. The number of carbonyl (C=O) groups excluding carboxylic acids is 3. The monoisotopic (exact) mass is 456 g/mol. The molecule has 11 heteroatoms. The summed E-state index contributed by atoms with van der Waals surface area (Å²) in [5.74, 6) is -0.251. The van der Waals surface area contributed by atoms with Crippen molar-refractivity contribution in [3.63, 3.8) is 0 Å². The van der Waals surface area contributed by atoms with Crippen LogP contribution in [-0.4, -0.2) is 41.6 Å². The summed E-state index contributed by atoms with van der Waals surface area (Å²) in [4.78, 5) is 40.1. The maximum atomic E-state index is 12.3. The molecule has 1 aromatic carbocycles. The van der Waals surface area contributed by atoms with Gasteiger partial charge in [0.05, 0.1) is 12.3 Å². The summed E-state index contributed by atoms with van der Waals surface area (Å²) in [6, 6.07) is 12.6. The molecule has 1 unspecified atom stereocenters. The highest BCUT2D eigenvalue weighted by atomic mass is 32.2. The lowest BCUT2D eigenvalue weighted by molar-refractivity contribution is -0.141. The first-order valence-electron chi connectivity index (χ1n) is 9.96. The number of anilines is 3. The van der Waals surface area contributed by atoms with E-state index in [1.54, 1.807) is 24.5 Å². The van der Waals surface area contributed by atoms with Gasteiger partial charge in [-0.2, -0.15) is 0 Å². The molecule has 3 amide bonds. The van der Waals surface area contributed by atoms with Gasteiger partial charge in [0.25, 0.3) is 0 Å². The summed E-state index contributed by atoms with van der Waals surface area (Å²) in [6.07, 6.45) is 0.478. The fourth-order valence-corrected chi connectivity index (χ4v) is 3.97. The minimum Gasteiger partial charge on any atom is -0.461 e. The van der Waals surface area contributed by atoms with Crippen LogP contribution in [0, 0.1) is 0 Å². The van der Waals surface area contributed by atoms with Gasteiger partial charge < -0.3 is 15.4 Å². The summed E-state index contributed by atoms with van der Waals surface area (Å²) in [7, 11) is 0. The number of aromatic nitrogens is 1. The molecule has 10 nitrogen and oxygen atoms in total. The molecule has 32 heavy (non-hydrogen) atoms. The Kier molecular flexibility index (Phi) is 7.92. The number of hydrogen-bond acceptors (Lipinski definition) is 8. The lowest BCUT2D eigenvalue weighted by atomic mass is 10.2. The maximum Gasteiger partial charge on any atom is 0.357 e. The van der Waals surface area contributed by atoms with E-state index in [4.69, 9.17) is 4.74 Å². The molecular weight excluding hydrogens is 432 g/mol. The second kappa shape index (κ2) is 11.0. The Morgan fingerprint density at radius 2 is 1.97 bits per heavy atom. The van der Waals surface area contributed by atoms with E-state index >= 15 is 0 Å². The first kappa shape index (κ1) is 22.9. The topological polar surface area (TPSA) is 125 Å². The highest BCUT2D eigenvalue weighted by Gasteiger charge is 2.34. The maximum absolute atomic E-state index is 12.3. The van der Waals surface area contributed by atoms with Crippen molar-refractivity contribution in [2.45, 2.75) is 19.2 Å². The summed E-state index contributed by atoms with van der Waals surface area (Å²) >= 11 is 1.28. The molecule has 1 aliphatic heterocycles. The molecule has 0 saturated carbocycles. The van der Waals surface area contributed by atoms with Gasteiger partial charge in [-0.25, -0.2) is 14.6 Å². The number of rotatable bonds is 9. The van der Waals surface area contributed by atoms with Crippen molar-refractivity contribution in [1.29, 1.82) is 0 Å². The third-order valence-corrected chi connectivity index (χ3v) is 5.29. The van der Waals surface area contributed by atoms with Crippen molar-refractivity contribution in [3.05, 3.63) is 59.3 Å². The number of nitrogens with one attached hydrogen (secondary N) is 4. The van der Waals surface area contributed by atoms with E-state index < -0.39 is 17.4 Å². The van der Waals surface area contributed by atoms with Crippen LogP contribution in [0.5, 0.6) is 0 Å². The second-order valence-corrected chi connectivity index (χ2v) is 7.42. The number of carbonyl (C=O) groups is 3. The number of thioether (sulfide) groups is 1. The normalized spacial score (nSPS) is 14.9. The third kappa shape index (κ3) is 5.70. The van der Waals surface area contributed by atoms with Crippen LogP contribution in [0.2, 0.25) is 0 Å². The number of hydrogen-bond donors (Lipinski definition) is 4. The Bertz CT molecular complexity index is 1000. The van der Waals surface area contributed by atoms with E-state index in [-0.39, 0.29) is 12.3 Å². The largest absolute Gasteiger partial charge is 0.461 e. The van der Waals surface area contributed by atoms with Crippen molar-refractivity contribution in [3.8, 4) is 0 Å². The van der Waals surface area contributed by atoms with Crippen molar-refractivity contribution in [2.75, 3.05) is 23.8 Å². The van der Waals surface area contributed by atoms with E-state index in [2.05, 4.69) is 26.4 Å². The molecule has 0 fully saturated rings. The lowest BCUT2D eigenvalue weighted by Gasteiger charge is -2.26. The van der Waals surface area contributed by atoms with E-state index in [9.17, 15) is 14.4 Å². The van der Waals surface area contributed by atoms with Crippen molar-refractivity contribution in [2.24, 2.45) is 0 Å². The van der Waals surface area contributed by atoms with Gasteiger partial charge in [-0.15, -0.1) is 0 Å². The van der Waals surface area contributed by atoms with Gasteiger partial charge in [0.15, 0.2) is 5.70 Å². The number of amides is 3. The number of urea groups is 1. The number of para-hydroxylation sites is 1. The molecule has 2 aromatic rings. The van der Waals surface area contributed by atoms with Crippen LogP contribution in [0.25, 0.3) is 0 Å². The van der Waals surface area contributed by atoms with Crippen molar-refractivity contribution >= 4 is 47.4 Å². The molecule has 1 atom stereocenters. The molecular formula is C21H24N6O4S. The number of nitrogens with zero attached hydrogens (tertiary/aromatic N) is 2. The molecule has 1 aliphatic rings. The number of benzene rings is 1. The molecule has 1 aromatic heterocycles. The van der Waals surface area contributed by atoms with Crippen LogP contribution in [-0.2, 0) is 14.3 Å². The van der Waals surface area contributed by atoms with Crippen LogP contribution in [0.15, 0.2) is 53.6 Å². The summed E-state index contributed by atoms with van der Waals surface area (Å²) < 4.78 is 5.08. The molecule has 0 aliphatic carbocycles. The van der Waals surface area contributed by atoms with Crippen molar-refractivity contribution < 1.29 is 19.1 Å². The highest BCUT2D eigenvalue weighted by molar-refractivity contribution is 8.02.